The number of likely N-dealkylation sites (tertiary alicyclic amines) is 1. The molecule has 206 valence electrons. The Labute approximate surface area is 215 Å². The zero-order chi connectivity index (χ0) is 27.3. The van der Waals surface area contributed by atoms with Crippen LogP contribution in [0.5, 0.6) is 5.75 Å². The van der Waals surface area contributed by atoms with E-state index in [0.29, 0.717) is 12.2 Å². The first-order valence-corrected chi connectivity index (χ1v) is 12.4. The smallest absolute Gasteiger partial charge is 0.426 e. The zero-order valence-corrected chi connectivity index (χ0v) is 20.4. The molecule has 1 N–H and O–H groups in total. The maximum atomic E-state index is 13.2. The standard InChI is InChI=1S/C26H27F6N3O3/c27-25(28,29)24(37,26(30,31)32)19-6-10-35(22(36)13-19)20-3-1-17(2-4-20)16-34-11-7-23(8-12-34)14-18-5-9-33-15-21(18)38-23/h1-5,9,15,19,37H,6-8,10-14,16H2. The van der Waals surface area contributed by atoms with E-state index in [1.807, 2.05) is 6.07 Å². The summed E-state index contributed by atoms with van der Waals surface area (Å²) in [6.45, 7) is 1.96. The van der Waals surface area contributed by atoms with Crippen molar-refractivity contribution in [3.63, 3.8) is 0 Å². The van der Waals surface area contributed by atoms with Gasteiger partial charge in [0.05, 0.1) is 6.20 Å². The summed E-state index contributed by atoms with van der Waals surface area (Å²) in [6.07, 6.45) is -7.48. The van der Waals surface area contributed by atoms with Crippen molar-refractivity contribution in [2.24, 2.45) is 5.92 Å². The van der Waals surface area contributed by atoms with Gasteiger partial charge in [-0.1, -0.05) is 12.1 Å². The number of benzene rings is 1. The molecule has 5 rings (SSSR count). The second-order valence-corrected chi connectivity index (χ2v) is 10.4. The first-order valence-electron chi connectivity index (χ1n) is 12.4. The summed E-state index contributed by atoms with van der Waals surface area (Å²) in [5.74, 6) is -2.35. The van der Waals surface area contributed by atoms with E-state index in [9.17, 15) is 36.2 Å². The van der Waals surface area contributed by atoms with E-state index in [0.717, 1.165) is 43.7 Å². The minimum Gasteiger partial charge on any atom is -0.485 e. The molecule has 1 aromatic carbocycles. The molecular weight excluding hydrogens is 516 g/mol. The predicted molar refractivity (Wildman–Crippen MR) is 124 cm³/mol. The van der Waals surface area contributed by atoms with Crippen molar-refractivity contribution >= 4 is 11.6 Å². The van der Waals surface area contributed by atoms with E-state index in [1.54, 1.807) is 36.7 Å². The molecule has 0 bridgehead atoms. The van der Waals surface area contributed by atoms with E-state index < -0.39 is 42.6 Å². The van der Waals surface area contributed by atoms with Crippen LogP contribution in [0.3, 0.4) is 0 Å². The molecule has 6 nitrogen and oxygen atoms in total. The largest absolute Gasteiger partial charge is 0.485 e. The second kappa shape index (κ2) is 9.41. The van der Waals surface area contributed by atoms with Crippen LogP contribution in [0.2, 0.25) is 0 Å². The summed E-state index contributed by atoms with van der Waals surface area (Å²) in [5.41, 5.74) is -2.60. The van der Waals surface area contributed by atoms with Gasteiger partial charge in [-0.3, -0.25) is 14.7 Å². The van der Waals surface area contributed by atoms with Gasteiger partial charge in [-0.05, 0) is 30.2 Å². The average Bonchev–Trinajstić information content (AvgIpc) is 3.22. The Morgan fingerprint density at radius 2 is 1.66 bits per heavy atom. The molecular formula is C26H27F6N3O3. The maximum absolute atomic E-state index is 13.2. The molecule has 0 aliphatic carbocycles. The molecule has 38 heavy (non-hydrogen) atoms. The number of aliphatic hydroxyl groups is 1. The van der Waals surface area contributed by atoms with Gasteiger partial charge in [0.2, 0.25) is 5.91 Å². The van der Waals surface area contributed by atoms with Crippen LogP contribution < -0.4 is 9.64 Å². The average molecular weight is 544 g/mol. The van der Waals surface area contributed by atoms with E-state index in [1.165, 1.54) is 10.5 Å². The highest BCUT2D eigenvalue weighted by Crippen LogP contribution is 2.51. The number of anilines is 1. The fourth-order valence-corrected chi connectivity index (χ4v) is 5.79. The third-order valence-corrected chi connectivity index (χ3v) is 8.01. The number of hydrogen-bond acceptors (Lipinski definition) is 5. The third-order valence-electron chi connectivity index (χ3n) is 8.01. The highest BCUT2D eigenvalue weighted by atomic mass is 19.4. The molecule has 0 saturated carbocycles. The highest BCUT2D eigenvalue weighted by Gasteiger charge is 2.74. The van der Waals surface area contributed by atoms with Crippen molar-refractivity contribution in [2.45, 2.75) is 62.2 Å². The lowest BCUT2D eigenvalue weighted by Gasteiger charge is -2.42. The Balaban J connectivity index is 1.17. The first-order chi connectivity index (χ1) is 17.8. The number of hydrogen-bond donors (Lipinski definition) is 1. The zero-order valence-electron chi connectivity index (χ0n) is 20.4. The van der Waals surface area contributed by atoms with E-state index in [2.05, 4.69) is 9.88 Å². The summed E-state index contributed by atoms with van der Waals surface area (Å²) < 4.78 is 85.5. The Bertz CT molecular complexity index is 1130. The molecule has 1 atom stereocenters. The van der Waals surface area contributed by atoms with Crippen molar-refractivity contribution in [1.82, 2.24) is 9.88 Å². The summed E-state index contributed by atoms with van der Waals surface area (Å²) in [7, 11) is 0. The summed E-state index contributed by atoms with van der Waals surface area (Å²) in [4.78, 5) is 20.1. The number of fused-ring (bicyclic) bond motifs is 1. The minimum absolute atomic E-state index is 0.206. The maximum Gasteiger partial charge on any atom is 0.426 e. The SMILES string of the molecule is O=C1CC(C(O)(C(F)(F)F)C(F)(F)F)CCN1c1ccc(CN2CCC3(CC2)Cc2ccncc2O3)cc1. The van der Waals surface area contributed by atoms with Gasteiger partial charge in [-0.25, -0.2) is 0 Å². The number of piperidine rings is 2. The van der Waals surface area contributed by atoms with Crippen LogP contribution >= 0.6 is 0 Å². The molecule has 4 heterocycles. The fourth-order valence-electron chi connectivity index (χ4n) is 5.79. The summed E-state index contributed by atoms with van der Waals surface area (Å²) in [5, 5.41) is 9.65. The first kappa shape index (κ1) is 26.7. The molecule has 2 saturated heterocycles. The molecule has 1 spiro atoms. The second-order valence-electron chi connectivity index (χ2n) is 10.4. The normalized spacial score (nSPS) is 22.4. The molecule has 12 heteroatoms. The Kier molecular flexibility index (Phi) is 6.62. The van der Waals surface area contributed by atoms with Gasteiger partial charge in [-0.2, -0.15) is 26.3 Å². The van der Waals surface area contributed by atoms with Gasteiger partial charge < -0.3 is 14.7 Å². The molecule has 3 aliphatic heterocycles. The quantitative estimate of drug-likeness (QED) is 0.569. The Hall–Kier alpha value is -2.86. The molecule has 2 fully saturated rings. The van der Waals surface area contributed by atoms with Crippen LogP contribution in [-0.4, -0.2) is 64.1 Å². The van der Waals surface area contributed by atoms with Crippen molar-refractivity contribution in [3.8, 4) is 5.75 Å². The number of nitrogens with zero attached hydrogens (tertiary/aromatic N) is 3. The van der Waals surface area contributed by atoms with Gasteiger partial charge >= 0.3 is 12.4 Å². The minimum atomic E-state index is -5.95. The number of rotatable bonds is 4. The number of carbonyl (C=O) groups is 1. The molecule has 3 aliphatic rings. The van der Waals surface area contributed by atoms with Crippen molar-refractivity contribution in [1.29, 1.82) is 0 Å². The highest BCUT2D eigenvalue weighted by molar-refractivity contribution is 5.94. The van der Waals surface area contributed by atoms with Gasteiger partial charge in [0.15, 0.2) is 0 Å². The van der Waals surface area contributed by atoms with Crippen LogP contribution in [0, 0.1) is 5.92 Å². The molecule has 2 aromatic rings. The van der Waals surface area contributed by atoms with Crippen molar-refractivity contribution in [2.75, 3.05) is 24.5 Å². The molecule has 1 unspecified atom stereocenters. The third kappa shape index (κ3) is 4.72. The van der Waals surface area contributed by atoms with Crippen LogP contribution in [0.4, 0.5) is 32.0 Å². The van der Waals surface area contributed by atoms with Crippen LogP contribution in [-0.2, 0) is 17.8 Å². The number of aromatic nitrogens is 1. The molecule has 1 amide bonds. The van der Waals surface area contributed by atoms with E-state index in [4.69, 9.17) is 4.74 Å². The summed E-state index contributed by atoms with van der Waals surface area (Å²) in [6, 6.07) is 8.87. The van der Waals surface area contributed by atoms with Gasteiger partial charge in [0.1, 0.15) is 11.4 Å². The lowest BCUT2D eigenvalue weighted by molar-refractivity contribution is -0.385. The van der Waals surface area contributed by atoms with Gasteiger partial charge in [-0.15, -0.1) is 0 Å². The lowest BCUT2D eigenvalue weighted by atomic mass is 9.79. The predicted octanol–water partition coefficient (Wildman–Crippen LogP) is 4.65. The van der Waals surface area contributed by atoms with Crippen molar-refractivity contribution in [3.05, 3.63) is 53.9 Å². The number of pyridine rings is 1. The summed E-state index contributed by atoms with van der Waals surface area (Å²) >= 11 is 0. The topological polar surface area (TPSA) is 65.9 Å². The molecule has 1 aromatic heterocycles. The number of alkyl halides is 6. The van der Waals surface area contributed by atoms with Crippen LogP contribution in [0.25, 0.3) is 0 Å². The van der Waals surface area contributed by atoms with E-state index >= 15 is 0 Å². The van der Waals surface area contributed by atoms with Gasteiger partial charge in [0, 0.05) is 75.2 Å². The van der Waals surface area contributed by atoms with E-state index in [-0.39, 0.29) is 12.1 Å². The van der Waals surface area contributed by atoms with Crippen LogP contribution in [0.15, 0.2) is 42.7 Å². The number of halogens is 6. The number of carbonyl (C=O) groups excluding carboxylic acids is 1. The number of ether oxygens (including phenoxy) is 1. The Morgan fingerprint density at radius 1 is 1.00 bits per heavy atom. The Morgan fingerprint density at radius 3 is 2.24 bits per heavy atom. The van der Waals surface area contributed by atoms with Gasteiger partial charge in [0.25, 0.3) is 5.60 Å². The van der Waals surface area contributed by atoms with Crippen LogP contribution in [0.1, 0.15) is 36.8 Å². The van der Waals surface area contributed by atoms with Crippen molar-refractivity contribution < 1.29 is 41.0 Å². The lowest BCUT2D eigenvalue weighted by Crippen LogP contribution is -2.63. The molecule has 0 radical (unpaired) electrons. The monoisotopic (exact) mass is 543 g/mol. The fraction of sp³-hybridized carbons (Fsp3) is 0.538. The number of amides is 1.